The average molecular weight is 346 g/mol. The molecule has 0 saturated heterocycles. The van der Waals surface area contributed by atoms with Gasteiger partial charge in [0.1, 0.15) is 5.01 Å². The molecule has 1 aliphatic heterocycles. The van der Waals surface area contributed by atoms with Crippen LogP contribution >= 0.6 is 11.3 Å². The molecule has 2 heterocycles. The third kappa shape index (κ3) is 3.41. The number of fused-ring (bicyclic) bond motifs is 1. The van der Waals surface area contributed by atoms with Gasteiger partial charge in [-0.15, -0.1) is 11.3 Å². The van der Waals surface area contributed by atoms with Crippen LogP contribution in [0.4, 0.5) is 0 Å². The molecule has 0 spiro atoms. The van der Waals surface area contributed by atoms with E-state index in [1.807, 2.05) is 18.2 Å². The summed E-state index contributed by atoms with van der Waals surface area (Å²) >= 11 is 1.66. The molecule has 0 amide bonds. The van der Waals surface area contributed by atoms with Crippen LogP contribution in [0.2, 0.25) is 0 Å². The van der Waals surface area contributed by atoms with Crippen LogP contribution in [-0.2, 0) is 6.54 Å². The maximum absolute atomic E-state index is 9.21. The molecule has 0 unspecified atom stereocenters. The van der Waals surface area contributed by atoms with Crippen molar-refractivity contribution in [3.05, 3.63) is 29.3 Å². The summed E-state index contributed by atoms with van der Waals surface area (Å²) in [6.07, 6.45) is 4.52. The Morgan fingerprint density at radius 3 is 2.83 bits per heavy atom. The lowest BCUT2D eigenvalue weighted by atomic mass is 9.86. The lowest BCUT2D eigenvalue weighted by molar-refractivity contribution is 0.174. The topological polar surface area (TPSA) is 63.6 Å². The second-order valence-corrected chi connectivity index (χ2v) is 7.35. The van der Waals surface area contributed by atoms with E-state index in [1.54, 1.807) is 11.3 Å². The molecule has 2 aliphatic rings. The summed E-state index contributed by atoms with van der Waals surface area (Å²) < 4.78 is 10.8. The van der Waals surface area contributed by atoms with Gasteiger partial charge in [-0.05, 0) is 49.8 Å². The predicted octanol–water partition coefficient (Wildman–Crippen LogP) is 3.18. The van der Waals surface area contributed by atoms with Gasteiger partial charge in [0.25, 0.3) is 0 Å². The molecular weight excluding hydrogens is 324 g/mol. The van der Waals surface area contributed by atoms with Gasteiger partial charge in [0, 0.05) is 30.1 Å². The van der Waals surface area contributed by atoms with Crippen LogP contribution in [0, 0.1) is 5.92 Å². The van der Waals surface area contributed by atoms with Gasteiger partial charge < -0.3 is 19.9 Å². The van der Waals surface area contributed by atoms with Crippen LogP contribution in [-0.4, -0.2) is 29.5 Å². The Labute approximate surface area is 145 Å². The highest BCUT2D eigenvalue weighted by molar-refractivity contribution is 7.13. The molecule has 6 heteroatoms. The quantitative estimate of drug-likeness (QED) is 0.871. The zero-order valence-electron chi connectivity index (χ0n) is 13.5. The van der Waals surface area contributed by atoms with E-state index in [0.717, 1.165) is 60.0 Å². The van der Waals surface area contributed by atoms with Gasteiger partial charge in [-0.2, -0.15) is 0 Å². The second kappa shape index (κ2) is 7.09. The van der Waals surface area contributed by atoms with Crippen molar-refractivity contribution in [2.45, 2.75) is 38.3 Å². The van der Waals surface area contributed by atoms with Crippen molar-refractivity contribution in [1.82, 2.24) is 10.3 Å². The van der Waals surface area contributed by atoms with Gasteiger partial charge in [-0.1, -0.05) is 0 Å². The molecule has 128 valence electrons. The third-order valence-electron chi connectivity index (χ3n) is 4.85. The maximum atomic E-state index is 9.21. The van der Waals surface area contributed by atoms with Crippen LogP contribution in [0.3, 0.4) is 0 Å². The van der Waals surface area contributed by atoms with Crippen molar-refractivity contribution in [2.75, 3.05) is 13.4 Å². The zero-order chi connectivity index (χ0) is 16.4. The number of ether oxygens (including phenoxy) is 2. The van der Waals surface area contributed by atoms with Gasteiger partial charge in [0.05, 0.1) is 5.69 Å². The summed E-state index contributed by atoms with van der Waals surface area (Å²) in [5.41, 5.74) is 2.15. The Bertz CT molecular complexity index is 695. The fourth-order valence-corrected chi connectivity index (χ4v) is 4.17. The number of rotatable bonds is 5. The van der Waals surface area contributed by atoms with Crippen molar-refractivity contribution >= 4 is 11.3 Å². The highest BCUT2D eigenvalue weighted by atomic mass is 32.1. The first-order chi connectivity index (χ1) is 11.8. The van der Waals surface area contributed by atoms with Gasteiger partial charge in [0.15, 0.2) is 11.5 Å². The molecule has 1 aliphatic carbocycles. The Morgan fingerprint density at radius 2 is 2.00 bits per heavy atom. The van der Waals surface area contributed by atoms with Crippen molar-refractivity contribution in [3.63, 3.8) is 0 Å². The molecule has 1 aromatic heterocycles. The molecule has 4 rings (SSSR count). The molecule has 2 N–H and O–H groups in total. The summed E-state index contributed by atoms with van der Waals surface area (Å²) in [5.74, 6) is 2.10. The highest BCUT2D eigenvalue weighted by Gasteiger charge is 2.20. The van der Waals surface area contributed by atoms with Crippen molar-refractivity contribution in [1.29, 1.82) is 0 Å². The van der Waals surface area contributed by atoms with Crippen LogP contribution in [0.1, 0.15) is 31.4 Å². The van der Waals surface area contributed by atoms with E-state index in [0.29, 0.717) is 25.4 Å². The molecular formula is C18H22N2O3S. The average Bonchev–Trinajstić information content (AvgIpc) is 3.29. The second-order valence-electron chi connectivity index (χ2n) is 6.49. The Kier molecular flexibility index (Phi) is 4.69. The molecule has 24 heavy (non-hydrogen) atoms. The number of nitrogens with one attached hydrogen (secondary N) is 1. The van der Waals surface area contributed by atoms with E-state index < -0.39 is 0 Å². The normalized spacial score (nSPS) is 22.7. The van der Waals surface area contributed by atoms with Crippen LogP contribution < -0.4 is 14.8 Å². The largest absolute Gasteiger partial charge is 0.454 e. The Hall–Kier alpha value is -1.63. The van der Waals surface area contributed by atoms with Crippen molar-refractivity contribution < 1.29 is 14.6 Å². The number of benzene rings is 1. The summed E-state index contributed by atoms with van der Waals surface area (Å²) in [5, 5.41) is 15.9. The summed E-state index contributed by atoms with van der Waals surface area (Å²) in [7, 11) is 0. The number of hydrogen-bond donors (Lipinski definition) is 2. The van der Waals surface area contributed by atoms with Crippen molar-refractivity contribution in [3.8, 4) is 22.1 Å². The molecule has 2 aromatic rings. The fraction of sp³-hybridized carbons (Fsp3) is 0.500. The number of aromatic nitrogens is 1. The maximum Gasteiger partial charge on any atom is 0.231 e. The molecule has 0 bridgehead atoms. The molecule has 0 atom stereocenters. The standard InChI is InChI=1S/C18H22N2O3S/c21-9-12-1-4-14(5-2-12)19-8-15-10-24-18(20-15)13-3-6-16-17(7-13)23-11-22-16/h3,6-7,10,12,14,19,21H,1-2,4-5,8-9,11H2. The van der Waals surface area contributed by atoms with E-state index in [4.69, 9.17) is 14.5 Å². The van der Waals surface area contributed by atoms with Crippen LogP contribution in [0.5, 0.6) is 11.5 Å². The monoisotopic (exact) mass is 346 g/mol. The predicted molar refractivity (Wildman–Crippen MR) is 93.3 cm³/mol. The highest BCUT2D eigenvalue weighted by Crippen LogP contribution is 2.36. The minimum absolute atomic E-state index is 0.296. The first-order valence-electron chi connectivity index (χ1n) is 8.50. The van der Waals surface area contributed by atoms with Crippen LogP contribution in [0.15, 0.2) is 23.6 Å². The molecule has 1 aromatic carbocycles. The molecule has 1 fully saturated rings. The van der Waals surface area contributed by atoms with Gasteiger partial charge in [-0.25, -0.2) is 4.98 Å². The Morgan fingerprint density at radius 1 is 1.17 bits per heavy atom. The first kappa shape index (κ1) is 15.9. The molecule has 1 saturated carbocycles. The van der Waals surface area contributed by atoms with Gasteiger partial charge >= 0.3 is 0 Å². The lowest BCUT2D eigenvalue weighted by Gasteiger charge is -2.27. The third-order valence-corrected chi connectivity index (χ3v) is 5.79. The Balaban J connectivity index is 1.35. The van der Waals surface area contributed by atoms with E-state index in [-0.39, 0.29) is 0 Å². The first-order valence-corrected chi connectivity index (χ1v) is 9.38. The minimum Gasteiger partial charge on any atom is -0.454 e. The lowest BCUT2D eigenvalue weighted by Crippen LogP contribution is -2.33. The van der Waals surface area contributed by atoms with Crippen LogP contribution in [0.25, 0.3) is 10.6 Å². The van der Waals surface area contributed by atoms with Crippen molar-refractivity contribution in [2.24, 2.45) is 5.92 Å². The molecule has 5 nitrogen and oxygen atoms in total. The number of thiazole rings is 1. The molecule has 0 radical (unpaired) electrons. The van der Waals surface area contributed by atoms with E-state index in [2.05, 4.69) is 10.7 Å². The number of nitrogens with zero attached hydrogens (tertiary/aromatic N) is 1. The number of hydrogen-bond acceptors (Lipinski definition) is 6. The zero-order valence-corrected chi connectivity index (χ0v) is 14.3. The number of aliphatic hydroxyl groups excluding tert-OH is 1. The fourth-order valence-electron chi connectivity index (χ4n) is 3.35. The van der Waals surface area contributed by atoms with Gasteiger partial charge in [0.2, 0.25) is 6.79 Å². The summed E-state index contributed by atoms with van der Waals surface area (Å²) in [6.45, 7) is 1.43. The number of aliphatic hydroxyl groups is 1. The van der Waals surface area contributed by atoms with Gasteiger partial charge in [-0.3, -0.25) is 0 Å². The van der Waals surface area contributed by atoms with E-state index in [1.165, 1.54) is 0 Å². The summed E-state index contributed by atoms with van der Waals surface area (Å²) in [6, 6.07) is 6.51. The minimum atomic E-state index is 0.296. The van der Waals surface area contributed by atoms with E-state index >= 15 is 0 Å². The summed E-state index contributed by atoms with van der Waals surface area (Å²) in [4.78, 5) is 4.74. The smallest absolute Gasteiger partial charge is 0.231 e. The SMILES string of the molecule is OCC1CCC(NCc2csc(-c3ccc4c(c3)OCO4)n2)CC1. The van der Waals surface area contributed by atoms with E-state index in [9.17, 15) is 5.11 Å².